The van der Waals surface area contributed by atoms with Crippen molar-refractivity contribution < 1.29 is 23.1 Å². The number of aliphatic hydroxyl groups is 1. The maximum absolute atomic E-state index is 13.2. The average molecular weight is 560 g/mol. The van der Waals surface area contributed by atoms with Crippen LogP contribution < -0.4 is 4.90 Å². The number of alkyl halides is 3. The van der Waals surface area contributed by atoms with Gasteiger partial charge in [0.25, 0.3) is 0 Å². The zero-order valence-corrected chi connectivity index (χ0v) is 23.0. The molecule has 10 heteroatoms. The van der Waals surface area contributed by atoms with Gasteiger partial charge in [0.15, 0.2) is 0 Å². The van der Waals surface area contributed by atoms with E-state index in [1.54, 1.807) is 6.07 Å². The normalized spacial score (nSPS) is 23.9. The summed E-state index contributed by atoms with van der Waals surface area (Å²) in [4.78, 5) is 26.1. The number of aromatic nitrogens is 1. The van der Waals surface area contributed by atoms with Crippen LogP contribution in [0.2, 0.25) is 0 Å². The van der Waals surface area contributed by atoms with Gasteiger partial charge < -0.3 is 14.9 Å². The largest absolute Gasteiger partial charge is 0.416 e. The number of nitrogens with zero attached hydrogens (tertiary/aromatic N) is 5. The second kappa shape index (κ2) is 12.9. The highest BCUT2D eigenvalue weighted by Gasteiger charge is 2.36. The number of piperidine rings is 2. The fourth-order valence-corrected chi connectivity index (χ4v) is 6.52. The van der Waals surface area contributed by atoms with Gasteiger partial charge >= 0.3 is 6.18 Å². The van der Waals surface area contributed by atoms with Crippen molar-refractivity contribution >= 4 is 11.6 Å². The smallest absolute Gasteiger partial charge is 0.393 e. The first-order chi connectivity index (χ1) is 19.3. The second-order valence-corrected chi connectivity index (χ2v) is 11.4. The van der Waals surface area contributed by atoms with Crippen molar-refractivity contribution in [1.82, 2.24) is 19.7 Å². The molecule has 0 saturated carbocycles. The molecule has 2 atom stereocenters. The molecule has 5 rings (SSSR count). The van der Waals surface area contributed by atoms with E-state index >= 15 is 0 Å². The molecule has 4 heterocycles. The number of piperazine rings is 1. The Hall–Kier alpha value is -2.69. The number of likely N-dealkylation sites (tertiary alicyclic amines) is 2. The van der Waals surface area contributed by atoms with Crippen molar-refractivity contribution in [3.63, 3.8) is 0 Å². The van der Waals surface area contributed by atoms with Crippen LogP contribution in [0.25, 0.3) is 0 Å². The predicted molar refractivity (Wildman–Crippen MR) is 148 cm³/mol. The lowest BCUT2D eigenvalue weighted by atomic mass is 9.86. The average Bonchev–Trinajstić information content (AvgIpc) is 2.97. The number of amides is 1. The van der Waals surface area contributed by atoms with Crippen LogP contribution in [0.1, 0.15) is 43.2 Å². The molecule has 0 spiro atoms. The summed E-state index contributed by atoms with van der Waals surface area (Å²) in [7, 11) is 0. The molecule has 1 N–H and O–H groups in total. The van der Waals surface area contributed by atoms with Crippen LogP contribution in [-0.2, 0) is 17.5 Å². The number of anilines is 1. The molecule has 218 valence electrons. The van der Waals surface area contributed by atoms with Crippen molar-refractivity contribution in [2.75, 3.05) is 57.3 Å². The molecule has 3 saturated heterocycles. The summed E-state index contributed by atoms with van der Waals surface area (Å²) >= 11 is 0. The lowest BCUT2D eigenvalue weighted by molar-refractivity contribution is -0.137. The number of pyridine rings is 1. The Bertz CT molecular complexity index is 1100. The first kappa shape index (κ1) is 28.8. The Morgan fingerprint density at radius 3 is 2.38 bits per heavy atom. The van der Waals surface area contributed by atoms with Gasteiger partial charge in [0.05, 0.1) is 11.7 Å². The fourth-order valence-electron chi connectivity index (χ4n) is 6.52. The Balaban J connectivity index is 1.22. The summed E-state index contributed by atoms with van der Waals surface area (Å²) in [5, 5.41) is 9.81. The lowest BCUT2D eigenvalue weighted by Gasteiger charge is -2.47. The quantitative estimate of drug-likeness (QED) is 0.556. The van der Waals surface area contributed by atoms with Crippen molar-refractivity contribution in [1.29, 1.82) is 0 Å². The molecule has 3 fully saturated rings. The number of hydrogen-bond acceptors (Lipinski definition) is 6. The second-order valence-electron chi connectivity index (χ2n) is 11.4. The van der Waals surface area contributed by atoms with E-state index in [1.807, 2.05) is 34.3 Å². The van der Waals surface area contributed by atoms with Crippen LogP contribution in [0.15, 0.2) is 48.8 Å². The number of rotatable bonds is 7. The van der Waals surface area contributed by atoms with E-state index in [1.165, 1.54) is 17.7 Å². The molecule has 0 radical (unpaired) electrons. The van der Waals surface area contributed by atoms with Gasteiger partial charge in [-0.3, -0.25) is 19.6 Å². The fraction of sp³-hybridized carbons (Fsp3) is 0.600. The highest BCUT2D eigenvalue weighted by molar-refractivity contribution is 5.76. The third kappa shape index (κ3) is 7.33. The van der Waals surface area contributed by atoms with E-state index in [2.05, 4.69) is 14.8 Å². The molecule has 7 nitrogen and oxygen atoms in total. The summed E-state index contributed by atoms with van der Waals surface area (Å²) in [6.45, 7) is 6.93. The molecule has 1 amide bonds. The van der Waals surface area contributed by atoms with Gasteiger partial charge in [-0.15, -0.1) is 0 Å². The van der Waals surface area contributed by atoms with Gasteiger partial charge in [-0.25, -0.2) is 0 Å². The van der Waals surface area contributed by atoms with Gasteiger partial charge in [0, 0.05) is 82.9 Å². The minimum Gasteiger partial charge on any atom is -0.393 e. The molecule has 0 unspecified atom stereocenters. The van der Waals surface area contributed by atoms with Crippen LogP contribution in [0.4, 0.5) is 18.9 Å². The van der Waals surface area contributed by atoms with E-state index in [-0.39, 0.29) is 12.0 Å². The first-order valence-electron chi connectivity index (χ1n) is 14.5. The molecule has 3 aliphatic rings. The summed E-state index contributed by atoms with van der Waals surface area (Å²) in [5.74, 6) is 0.501. The zero-order valence-electron chi connectivity index (χ0n) is 23.0. The Morgan fingerprint density at radius 1 is 0.950 bits per heavy atom. The standard InChI is InChI=1S/C30H40F3N5O2/c31-30(32,33)25-2-1-3-26(20-25)36-16-18-37(19-17-36)28-10-13-35(21-23-6-11-34-12-7-23)22-24(28)4-5-29(40)38-14-8-27(39)9-15-38/h1-3,6-7,11-12,20,24,27-28,39H,4-5,8-10,13-19,21-22H2/t24-,28+/m0/s1. The van der Waals surface area contributed by atoms with Crippen LogP contribution in [0.5, 0.6) is 0 Å². The molecule has 0 aliphatic carbocycles. The summed E-state index contributed by atoms with van der Waals surface area (Å²) < 4.78 is 39.7. The number of carbonyl (C=O) groups is 1. The Morgan fingerprint density at radius 2 is 1.68 bits per heavy atom. The number of halogens is 3. The highest BCUT2D eigenvalue weighted by atomic mass is 19.4. The topological polar surface area (TPSA) is 63.2 Å². The summed E-state index contributed by atoms with van der Waals surface area (Å²) in [6.07, 6.45) is 2.59. The molecule has 3 aliphatic heterocycles. The SMILES string of the molecule is O=C(CC[C@H]1CN(Cc2ccncc2)CC[C@H]1N1CCN(c2cccc(C(F)(F)F)c2)CC1)N1CCC(O)CC1. The van der Waals surface area contributed by atoms with E-state index in [0.717, 1.165) is 51.6 Å². The molecule has 1 aromatic heterocycles. The van der Waals surface area contributed by atoms with Crippen LogP contribution in [0.3, 0.4) is 0 Å². The van der Waals surface area contributed by atoms with E-state index in [0.29, 0.717) is 63.1 Å². The third-order valence-corrected chi connectivity index (χ3v) is 8.80. The predicted octanol–water partition coefficient (Wildman–Crippen LogP) is 3.88. The molecule has 0 bridgehead atoms. The Kier molecular flexibility index (Phi) is 9.27. The van der Waals surface area contributed by atoms with Crippen molar-refractivity contribution in [3.05, 3.63) is 59.9 Å². The van der Waals surface area contributed by atoms with Gasteiger partial charge in [0.1, 0.15) is 0 Å². The van der Waals surface area contributed by atoms with Crippen LogP contribution in [-0.4, -0.2) is 95.2 Å². The van der Waals surface area contributed by atoms with Crippen LogP contribution in [0, 0.1) is 5.92 Å². The molecular formula is C30H40F3N5O2. The molecule has 2 aromatic rings. The van der Waals surface area contributed by atoms with E-state index in [4.69, 9.17) is 0 Å². The summed E-state index contributed by atoms with van der Waals surface area (Å²) in [5.41, 5.74) is 1.24. The van der Waals surface area contributed by atoms with Crippen molar-refractivity contribution in [3.8, 4) is 0 Å². The lowest BCUT2D eigenvalue weighted by Crippen LogP contribution is -2.56. The minimum atomic E-state index is -4.35. The van der Waals surface area contributed by atoms with Crippen molar-refractivity contribution in [2.45, 2.75) is 57.0 Å². The number of hydrogen-bond donors (Lipinski definition) is 1. The van der Waals surface area contributed by atoms with E-state index in [9.17, 15) is 23.1 Å². The van der Waals surface area contributed by atoms with Gasteiger partial charge in [-0.05, 0) is 74.0 Å². The van der Waals surface area contributed by atoms with Crippen molar-refractivity contribution in [2.24, 2.45) is 5.92 Å². The molecule has 40 heavy (non-hydrogen) atoms. The molecule has 1 aromatic carbocycles. The molecular weight excluding hydrogens is 519 g/mol. The van der Waals surface area contributed by atoms with E-state index < -0.39 is 11.7 Å². The third-order valence-electron chi connectivity index (χ3n) is 8.80. The highest BCUT2D eigenvalue weighted by Crippen LogP contribution is 2.33. The number of benzene rings is 1. The van der Waals surface area contributed by atoms with Gasteiger partial charge in [-0.1, -0.05) is 6.07 Å². The Labute approximate surface area is 234 Å². The monoisotopic (exact) mass is 559 g/mol. The zero-order chi connectivity index (χ0) is 28.1. The maximum Gasteiger partial charge on any atom is 0.416 e. The number of aliphatic hydroxyl groups excluding tert-OH is 1. The van der Waals surface area contributed by atoms with Gasteiger partial charge in [-0.2, -0.15) is 13.2 Å². The van der Waals surface area contributed by atoms with Gasteiger partial charge in [0.2, 0.25) is 5.91 Å². The minimum absolute atomic E-state index is 0.172. The first-order valence-corrected chi connectivity index (χ1v) is 14.5. The number of carbonyl (C=O) groups excluding carboxylic acids is 1. The summed E-state index contributed by atoms with van der Waals surface area (Å²) in [6, 6.07) is 10.0. The maximum atomic E-state index is 13.2. The van der Waals surface area contributed by atoms with Crippen LogP contribution >= 0.6 is 0 Å².